The summed E-state index contributed by atoms with van der Waals surface area (Å²) < 4.78 is 40.8. The third-order valence-corrected chi connectivity index (χ3v) is 7.02. The van der Waals surface area contributed by atoms with Crippen molar-refractivity contribution >= 4 is 40.9 Å². The number of nitrogens with one attached hydrogen (secondary N) is 1. The van der Waals surface area contributed by atoms with Crippen molar-refractivity contribution in [2.75, 3.05) is 43.4 Å². The van der Waals surface area contributed by atoms with Gasteiger partial charge in [0.05, 0.1) is 10.5 Å². The Hall–Kier alpha value is -2.82. The lowest BCUT2D eigenvalue weighted by Gasteiger charge is -2.32. The summed E-state index contributed by atoms with van der Waals surface area (Å²) in [5.41, 5.74) is -0.375. The second-order valence-corrected chi connectivity index (χ2v) is 10.1. The summed E-state index contributed by atoms with van der Waals surface area (Å²) in [6, 6.07) is 11.1. The summed E-state index contributed by atoms with van der Waals surface area (Å²) in [6.07, 6.45) is -3.02. The summed E-state index contributed by atoms with van der Waals surface area (Å²) >= 11 is 7.21. The number of anilines is 2. The first-order chi connectivity index (χ1) is 17.1. The predicted octanol–water partition coefficient (Wildman–Crippen LogP) is 5.87. The number of benzene rings is 2. The van der Waals surface area contributed by atoms with Gasteiger partial charge in [0, 0.05) is 54.4 Å². The van der Waals surface area contributed by atoms with Crippen LogP contribution in [0.4, 0.5) is 24.9 Å². The maximum atomic E-state index is 13.6. The van der Waals surface area contributed by atoms with E-state index >= 15 is 0 Å². The Morgan fingerprint density at radius 1 is 1.14 bits per heavy atom. The van der Waals surface area contributed by atoms with Crippen LogP contribution < -0.4 is 10.2 Å². The van der Waals surface area contributed by atoms with Gasteiger partial charge in [-0.3, -0.25) is 4.79 Å². The molecular weight excluding hydrogens is 511 g/mol. The Morgan fingerprint density at radius 2 is 1.89 bits per heavy atom. The highest BCUT2D eigenvalue weighted by Crippen LogP contribution is 2.39. The summed E-state index contributed by atoms with van der Waals surface area (Å²) in [5, 5.41) is 3.90. The molecule has 3 aromatic rings. The van der Waals surface area contributed by atoms with Crippen LogP contribution in [0, 0.1) is 0 Å². The molecule has 6 nitrogen and oxygen atoms in total. The zero-order valence-corrected chi connectivity index (χ0v) is 21.3. The second-order valence-electron chi connectivity index (χ2n) is 8.52. The Kier molecular flexibility index (Phi) is 8.07. The largest absolute Gasteiger partial charge is 0.417 e. The number of likely N-dealkylation sites (N-methyl/N-ethyl adjacent to an activating group) is 1. The van der Waals surface area contributed by atoms with E-state index in [4.69, 9.17) is 16.6 Å². The van der Waals surface area contributed by atoms with Crippen LogP contribution in [0.5, 0.6) is 0 Å². The number of hydrogen-bond donors (Lipinski definition) is 1. The molecule has 1 aliphatic heterocycles. The van der Waals surface area contributed by atoms with Crippen molar-refractivity contribution in [2.45, 2.75) is 29.4 Å². The Bertz CT molecular complexity index is 1250. The quantitative estimate of drug-likeness (QED) is 0.380. The van der Waals surface area contributed by atoms with Gasteiger partial charge in [-0.05, 0) is 49.9 Å². The number of halogens is 4. The Labute approximate surface area is 216 Å². The van der Waals surface area contributed by atoms with Gasteiger partial charge in [-0.25, -0.2) is 4.98 Å². The minimum absolute atomic E-state index is 0.328. The lowest BCUT2D eigenvalue weighted by Crippen LogP contribution is -2.45. The maximum absolute atomic E-state index is 13.6. The number of Topliss-reactive ketones (excluding diaryl/α,β-unsaturated/α-hetero) is 1. The second kappa shape index (κ2) is 11.1. The van der Waals surface area contributed by atoms with Crippen LogP contribution in [0.1, 0.15) is 28.4 Å². The first-order valence-corrected chi connectivity index (χ1v) is 12.5. The van der Waals surface area contributed by atoms with Crippen LogP contribution in [0.25, 0.3) is 0 Å². The van der Waals surface area contributed by atoms with Crippen LogP contribution in [-0.4, -0.2) is 53.9 Å². The average Bonchev–Trinajstić information content (AvgIpc) is 2.83. The summed E-state index contributed by atoms with van der Waals surface area (Å²) in [5.74, 6) is 0.430. The fourth-order valence-electron chi connectivity index (χ4n) is 3.81. The third-order valence-electron chi connectivity index (χ3n) is 5.78. The molecule has 11 heteroatoms. The molecule has 1 N–H and O–H groups in total. The molecule has 2 aromatic carbocycles. The Morgan fingerprint density at radius 3 is 2.56 bits per heavy atom. The molecule has 0 aliphatic carbocycles. The van der Waals surface area contributed by atoms with Gasteiger partial charge in [0.1, 0.15) is 5.82 Å². The first-order valence-electron chi connectivity index (χ1n) is 11.3. The van der Waals surface area contributed by atoms with Gasteiger partial charge in [0.25, 0.3) is 0 Å². The van der Waals surface area contributed by atoms with E-state index in [0.717, 1.165) is 56.5 Å². The lowest BCUT2D eigenvalue weighted by atomic mass is 10.0. The molecule has 1 fully saturated rings. The predicted molar refractivity (Wildman–Crippen MR) is 136 cm³/mol. The fraction of sp³-hybridized carbons (Fsp3) is 0.320. The SMILES string of the molecule is CC(=O)c1ccc(Sc2cnc(N3CCN(C)CC3)nc2NCc2cccc(Cl)c2)cc1C(F)(F)F. The molecule has 2 heterocycles. The molecule has 0 bridgehead atoms. The molecule has 0 spiro atoms. The topological polar surface area (TPSA) is 61.4 Å². The van der Waals surface area contributed by atoms with Crippen molar-refractivity contribution < 1.29 is 18.0 Å². The van der Waals surface area contributed by atoms with Crippen molar-refractivity contribution in [1.29, 1.82) is 0 Å². The average molecular weight is 536 g/mol. The highest BCUT2D eigenvalue weighted by atomic mass is 35.5. The van der Waals surface area contributed by atoms with E-state index in [-0.39, 0.29) is 5.56 Å². The molecular formula is C25H25ClF3N5OS. The van der Waals surface area contributed by atoms with Crippen molar-refractivity contribution in [3.63, 3.8) is 0 Å². The maximum Gasteiger partial charge on any atom is 0.417 e. The van der Waals surface area contributed by atoms with Crippen LogP contribution in [-0.2, 0) is 12.7 Å². The minimum Gasteiger partial charge on any atom is -0.365 e. The normalized spacial score (nSPS) is 14.7. The number of rotatable bonds is 7. The third kappa shape index (κ3) is 6.48. The number of aromatic nitrogens is 2. The molecule has 1 saturated heterocycles. The van der Waals surface area contributed by atoms with E-state index in [1.807, 2.05) is 18.2 Å². The van der Waals surface area contributed by atoms with Crippen LogP contribution in [0.2, 0.25) is 5.02 Å². The lowest BCUT2D eigenvalue weighted by molar-refractivity contribution is -0.138. The zero-order valence-electron chi connectivity index (χ0n) is 19.8. The number of piperazine rings is 1. The highest BCUT2D eigenvalue weighted by Gasteiger charge is 2.35. The standard InChI is InChI=1S/C25H25ClF3N5OS/c1-16(35)20-7-6-19(13-21(20)25(27,28)29)36-22-15-31-24(34-10-8-33(2)9-11-34)32-23(22)30-14-17-4-3-5-18(26)12-17/h3-7,12-13,15H,8-11,14H2,1-2H3,(H,30,31,32). The molecule has 1 aromatic heterocycles. The highest BCUT2D eigenvalue weighted by molar-refractivity contribution is 7.99. The van der Waals surface area contributed by atoms with Crippen LogP contribution >= 0.6 is 23.4 Å². The van der Waals surface area contributed by atoms with E-state index in [1.54, 1.807) is 12.3 Å². The van der Waals surface area contributed by atoms with E-state index in [1.165, 1.54) is 12.1 Å². The summed E-state index contributed by atoms with van der Waals surface area (Å²) in [7, 11) is 2.06. The van der Waals surface area contributed by atoms with Crippen LogP contribution in [0.15, 0.2) is 58.5 Å². The number of nitrogens with zero attached hydrogens (tertiary/aromatic N) is 4. The van der Waals surface area contributed by atoms with Gasteiger partial charge in [-0.2, -0.15) is 18.2 Å². The smallest absolute Gasteiger partial charge is 0.365 e. The monoisotopic (exact) mass is 535 g/mol. The molecule has 0 saturated carbocycles. The van der Waals surface area contributed by atoms with Crippen molar-refractivity contribution in [1.82, 2.24) is 14.9 Å². The summed E-state index contributed by atoms with van der Waals surface area (Å²) in [4.78, 5) is 26.2. The molecule has 0 radical (unpaired) electrons. The van der Waals surface area contributed by atoms with E-state index < -0.39 is 17.5 Å². The molecule has 1 aliphatic rings. The number of carbonyl (C=O) groups excluding carboxylic acids is 1. The molecule has 0 amide bonds. The molecule has 36 heavy (non-hydrogen) atoms. The molecule has 4 rings (SSSR count). The zero-order chi connectivity index (χ0) is 25.9. The first kappa shape index (κ1) is 26.2. The molecule has 190 valence electrons. The van der Waals surface area contributed by atoms with Gasteiger partial charge in [0.15, 0.2) is 5.78 Å². The van der Waals surface area contributed by atoms with E-state index in [0.29, 0.717) is 33.1 Å². The number of ketones is 1. The van der Waals surface area contributed by atoms with E-state index in [9.17, 15) is 18.0 Å². The Balaban J connectivity index is 1.65. The van der Waals surface area contributed by atoms with Crippen molar-refractivity contribution in [3.8, 4) is 0 Å². The van der Waals surface area contributed by atoms with Gasteiger partial charge in [-0.15, -0.1) is 0 Å². The van der Waals surface area contributed by atoms with Gasteiger partial charge in [0.2, 0.25) is 5.95 Å². The number of carbonyl (C=O) groups is 1. The molecule has 0 atom stereocenters. The van der Waals surface area contributed by atoms with E-state index in [2.05, 4.69) is 27.1 Å². The summed E-state index contributed by atoms with van der Waals surface area (Å²) in [6.45, 7) is 4.86. The van der Waals surface area contributed by atoms with Gasteiger partial charge >= 0.3 is 6.18 Å². The van der Waals surface area contributed by atoms with Crippen molar-refractivity contribution in [2.24, 2.45) is 0 Å². The number of hydrogen-bond acceptors (Lipinski definition) is 7. The number of alkyl halides is 3. The van der Waals surface area contributed by atoms with Crippen LogP contribution in [0.3, 0.4) is 0 Å². The van der Waals surface area contributed by atoms with Crippen molar-refractivity contribution in [3.05, 3.63) is 70.4 Å². The minimum atomic E-state index is -4.65. The fourth-order valence-corrected chi connectivity index (χ4v) is 4.91. The molecule has 0 unspecified atom stereocenters. The van der Waals surface area contributed by atoms with Gasteiger partial charge < -0.3 is 15.1 Å². The van der Waals surface area contributed by atoms with Gasteiger partial charge in [-0.1, -0.05) is 35.5 Å².